The Labute approximate surface area is 106 Å². The Bertz CT molecular complexity index is 304. The second kappa shape index (κ2) is 6.41. The highest BCUT2D eigenvalue weighted by molar-refractivity contribution is 6.66. The van der Waals surface area contributed by atoms with E-state index in [4.69, 9.17) is 4.43 Å². The van der Waals surface area contributed by atoms with Gasteiger partial charge in [-0.25, -0.2) is 0 Å². The van der Waals surface area contributed by atoms with E-state index in [1.807, 2.05) is 6.20 Å². The first kappa shape index (κ1) is 12.9. The number of aromatic amines is 1. The van der Waals surface area contributed by atoms with Gasteiger partial charge >= 0.3 is 0 Å². The van der Waals surface area contributed by atoms with Gasteiger partial charge in [0, 0.05) is 18.1 Å². The van der Waals surface area contributed by atoms with Crippen LogP contribution in [0.5, 0.6) is 0 Å². The molecule has 17 heavy (non-hydrogen) atoms. The number of hydrogen-bond acceptors (Lipinski definition) is 1. The summed E-state index contributed by atoms with van der Waals surface area (Å²) in [6, 6.07) is 5.54. The zero-order valence-electron chi connectivity index (χ0n) is 11.1. The summed E-state index contributed by atoms with van der Waals surface area (Å²) in [7, 11) is -1.21. The van der Waals surface area contributed by atoms with E-state index in [1.54, 1.807) is 0 Å². The van der Waals surface area contributed by atoms with E-state index in [9.17, 15) is 0 Å². The molecule has 1 N–H and O–H groups in total. The predicted octanol–water partition coefficient (Wildman–Crippen LogP) is 2.81. The molecule has 0 saturated heterocycles. The van der Waals surface area contributed by atoms with Gasteiger partial charge in [0.2, 0.25) is 9.04 Å². The fraction of sp³-hybridized carbons (Fsp3) is 0.714. The van der Waals surface area contributed by atoms with Crippen LogP contribution in [0, 0.1) is 11.8 Å². The Hall–Kier alpha value is -0.543. The van der Waals surface area contributed by atoms with Gasteiger partial charge in [0.1, 0.15) is 0 Å². The lowest BCUT2D eigenvalue weighted by atomic mass is 10.1. The van der Waals surface area contributed by atoms with E-state index in [1.165, 1.54) is 37.0 Å². The molecule has 2 rings (SSSR count). The number of rotatable bonds is 6. The van der Waals surface area contributed by atoms with Crippen molar-refractivity contribution in [1.29, 1.82) is 0 Å². The van der Waals surface area contributed by atoms with Crippen molar-refractivity contribution in [2.24, 2.45) is 11.8 Å². The van der Waals surface area contributed by atoms with Crippen molar-refractivity contribution >= 4 is 14.4 Å². The van der Waals surface area contributed by atoms with E-state index in [0.29, 0.717) is 0 Å². The van der Waals surface area contributed by atoms with Crippen molar-refractivity contribution in [2.45, 2.75) is 45.6 Å². The third-order valence-electron chi connectivity index (χ3n) is 3.66. The maximum Gasteiger partial charge on any atom is 0.224 e. The van der Waals surface area contributed by atoms with Crippen LogP contribution in [0.3, 0.4) is 0 Å². The Morgan fingerprint density at radius 3 is 2.76 bits per heavy atom. The van der Waals surface area contributed by atoms with Crippen molar-refractivity contribution in [1.82, 2.24) is 4.98 Å². The van der Waals surface area contributed by atoms with E-state index in [0.717, 1.165) is 18.4 Å². The number of aromatic nitrogens is 1. The molecule has 1 atom stereocenters. The third kappa shape index (κ3) is 4.00. The van der Waals surface area contributed by atoms with Gasteiger partial charge in [-0.05, 0) is 42.9 Å². The second-order valence-corrected chi connectivity index (χ2v) is 8.13. The average molecular weight is 251 g/mol. The fourth-order valence-electron chi connectivity index (χ4n) is 2.69. The molecule has 1 fully saturated rings. The average Bonchev–Trinajstić information content (AvgIpc) is 2.96. The predicted molar refractivity (Wildman–Crippen MR) is 75.1 cm³/mol. The van der Waals surface area contributed by atoms with Crippen LogP contribution < -0.4 is 5.32 Å². The van der Waals surface area contributed by atoms with Gasteiger partial charge in [-0.15, -0.1) is 0 Å². The molecule has 1 aromatic rings. The van der Waals surface area contributed by atoms with Crippen molar-refractivity contribution < 1.29 is 4.43 Å². The molecule has 2 nitrogen and oxygen atoms in total. The van der Waals surface area contributed by atoms with E-state index in [2.05, 4.69) is 31.0 Å². The molecule has 1 heterocycles. The number of hydrogen-bond donors (Lipinski definition) is 1. The third-order valence-corrected chi connectivity index (χ3v) is 6.68. The van der Waals surface area contributed by atoms with Crippen LogP contribution in [0.2, 0.25) is 6.04 Å². The zero-order chi connectivity index (χ0) is 12.1. The molecule has 0 spiro atoms. The van der Waals surface area contributed by atoms with Crippen molar-refractivity contribution in [3.05, 3.63) is 18.3 Å². The van der Waals surface area contributed by atoms with Crippen LogP contribution in [0.25, 0.3) is 0 Å². The summed E-state index contributed by atoms with van der Waals surface area (Å²) in [4.78, 5) is 3.35. The zero-order valence-corrected chi connectivity index (χ0v) is 12.3. The normalized spacial score (nSPS) is 19.0. The maximum absolute atomic E-state index is 6.29. The topological polar surface area (TPSA) is 25.0 Å². The molecule has 1 aliphatic carbocycles. The monoisotopic (exact) mass is 251 g/mol. The molecule has 3 heteroatoms. The van der Waals surface area contributed by atoms with Crippen LogP contribution in [-0.4, -0.2) is 20.6 Å². The molecular weight excluding hydrogens is 226 g/mol. The molecule has 1 saturated carbocycles. The first-order valence-corrected chi connectivity index (χ1v) is 8.87. The lowest BCUT2D eigenvalue weighted by Gasteiger charge is -2.19. The van der Waals surface area contributed by atoms with Crippen LogP contribution >= 0.6 is 0 Å². The summed E-state index contributed by atoms with van der Waals surface area (Å²) in [5.41, 5.74) is 0. The van der Waals surface area contributed by atoms with E-state index >= 15 is 0 Å². The summed E-state index contributed by atoms with van der Waals surface area (Å²) in [5, 5.41) is 1.37. The Kier molecular flexibility index (Phi) is 4.86. The van der Waals surface area contributed by atoms with Gasteiger partial charge in [0.15, 0.2) is 0 Å². The maximum atomic E-state index is 6.29. The van der Waals surface area contributed by atoms with Crippen LogP contribution in [0.15, 0.2) is 18.3 Å². The Morgan fingerprint density at radius 2 is 2.18 bits per heavy atom. The van der Waals surface area contributed by atoms with Crippen molar-refractivity contribution in [3.63, 3.8) is 0 Å². The fourth-order valence-corrected chi connectivity index (χ4v) is 5.22. The van der Waals surface area contributed by atoms with Crippen molar-refractivity contribution in [2.75, 3.05) is 6.61 Å². The Morgan fingerprint density at radius 1 is 1.41 bits per heavy atom. The minimum absolute atomic E-state index is 0.735. The van der Waals surface area contributed by atoms with E-state index in [-0.39, 0.29) is 0 Å². The van der Waals surface area contributed by atoms with Crippen LogP contribution in [0.1, 0.15) is 39.5 Å². The molecule has 0 aromatic carbocycles. The number of H-pyrrole nitrogens is 1. The summed E-state index contributed by atoms with van der Waals surface area (Å²) in [6.07, 6.45) is 7.61. The molecule has 0 amide bonds. The number of nitrogens with one attached hydrogen (secondary N) is 1. The quantitative estimate of drug-likeness (QED) is 0.773. The second-order valence-electron chi connectivity index (χ2n) is 5.73. The van der Waals surface area contributed by atoms with Gasteiger partial charge in [-0.3, -0.25) is 0 Å². The van der Waals surface area contributed by atoms with Gasteiger partial charge < -0.3 is 9.41 Å². The minimum Gasteiger partial charge on any atom is -0.414 e. The Balaban J connectivity index is 1.86. The molecule has 1 aliphatic rings. The lowest BCUT2D eigenvalue weighted by molar-refractivity contribution is 0.254. The lowest BCUT2D eigenvalue weighted by Crippen LogP contribution is -2.36. The van der Waals surface area contributed by atoms with Crippen LogP contribution in [-0.2, 0) is 4.43 Å². The largest absolute Gasteiger partial charge is 0.414 e. The molecular formula is C14H25NOSi. The van der Waals surface area contributed by atoms with Gasteiger partial charge in [0.25, 0.3) is 0 Å². The highest BCUT2D eigenvalue weighted by atomic mass is 28.3. The molecule has 1 unspecified atom stereocenters. The van der Waals surface area contributed by atoms with E-state index < -0.39 is 9.04 Å². The highest BCUT2D eigenvalue weighted by Crippen LogP contribution is 2.25. The molecule has 0 radical (unpaired) electrons. The van der Waals surface area contributed by atoms with Crippen LogP contribution in [0.4, 0.5) is 0 Å². The van der Waals surface area contributed by atoms with Crippen molar-refractivity contribution in [3.8, 4) is 0 Å². The standard InChI is InChI=1S/C14H25NOSi/c1-12(2)11-17(14-8-5-9-15-14)16-10-13-6-3-4-7-13/h5,8-9,12-13,15,17H,3-4,6-7,10-11H2,1-2H3. The highest BCUT2D eigenvalue weighted by Gasteiger charge is 2.21. The summed E-state index contributed by atoms with van der Waals surface area (Å²) < 4.78 is 6.29. The smallest absolute Gasteiger partial charge is 0.224 e. The summed E-state index contributed by atoms with van der Waals surface area (Å²) in [6.45, 7) is 5.59. The minimum atomic E-state index is -1.21. The molecule has 1 aromatic heterocycles. The summed E-state index contributed by atoms with van der Waals surface area (Å²) >= 11 is 0. The molecule has 96 valence electrons. The first-order chi connectivity index (χ1) is 8.25. The van der Waals surface area contributed by atoms with Gasteiger partial charge in [-0.2, -0.15) is 0 Å². The van der Waals surface area contributed by atoms with Gasteiger partial charge in [0.05, 0.1) is 0 Å². The van der Waals surface area contributed by atoms with Gasteiger partial charge in [-0.1, -0.05) is 26.7 Å². The SMILES string of the molecule is CC(C)C[SiH](OCC1CCCC1)c1ccc[nH]1. The first-order valence-electron chi connectivity index (χ1n) is 7.00. The summed E-state index contributed by atoms with van der Waals surface area (Å²) in [5.74, 6) is 1.57. The molecule has 0 bridgehead atoms. The molecule has 0 aliphatic heterocycles.